The van der Waals surface area contributed by atoms with E-state index in [0.29, 0.717) is 42.6 Å². The number of benzene rings is 2. The highest BCUT2D eigenvalue weighted by Gasteiger charge is 2.28. The average molecular weight is 588 g/mol. The van der Waals surface area contributed by atoms with Crippen molar-refractivity contribution >= 4 is 42.6 Å². The van der Waals surface area contributed by atoms with Crippen molar-refractivity contribution in [2.75, 3.05) is 71.5 Å². The summed E-state index contributed by atoms with van der Waals surface area (Å²) in [5, 5.41) is 3.93. The number of hydrogen-bond donors (Lipinski definition) is 1. The van der Waals surface area contributed by atoms with E-state index in [1.165, 1.54) is 12.1 Å². The van der Waals surface area contributed by atoms with Crippen LogP contribution >= 0.6 is 11.3 Å². The molecule has 5 rings (SSSR count). The summed E-state index contributed by atoms with van der Waals surface area (Å²) in [4.78, 5) is 22.4. The van der Waals surface area contributed by atoms with Gasteiger partial charge in [0, 0.05) is 57.9 Å². The van der Waals surface area contributed by atoms with Gasteiger partial charge in [0.2, 0.25) is 10.0 Å². The molecular formula is C28H37N5O5S2. The molecule has 0 spiro atoms. The normalized spacial score (nSPS) is 17.7. The Hall–Kier alpha value is -2.93. The van der Waals surface area contributed by atoms with Crippen LogP contribution < -0.4 is 19.7 Å². The molecule has 0 unspecified atom stereocenters. The predicted octanol–water partition coefficient (Wildman–Crippen LogP) is 3.29. The number of nitrogens with one attached hydrogen (secondary N) is 1. The first-order chi connectivity index (χ1) is 19.3. The van der Waals surface area contributed by atoms with Crippen molar-refractivity contribution in [3.8, 4) is 11.5 Å². The molecule has 2 aromatic carbocycles. The molecule has 1 N–H and O–H groups in total. The van der Waals surface area contributed by atoms with Gasteiger partial charge in [-0.1, -0.05) is 18.3 Å². The number of amides is 1. The van der Waals surface area contributed by atoms with Crippen molar-refractivity contribution in [1.29, 1.82) is 0 Å². The summed E-state index contributed by atoms with van der Waals surface area (Å²) in [5.74, 6) is 1.68. The molecule has 1 aromatic heterocycles. The summed E-state index contributed by atoms with van der Waals surface area (Å²) in [6.45, 7) is 7.93. The second-order valence-electron chi connectivity index (χ2n) is 10.3. The van der Waals surface area contributed by atoms with Gasteiger partial charge >= 0.3 is 0 Å². The van der Waals surface area contributed by atoms with Crippen molar-refractivity contribution in [3.05, 3.63) is 42.0 Å². The van der Waals surface area contributed by atoms with Crippen LogP contribution in [0.25, 0.3) is 10.2 Å². The number of thiazole rings is 1. The third-order valence-corrected chi connectivity index (χ3v) is 10.7. The Morgan fingerprint density at radius 2 is 1.70 bits per heavy atom. The second kappa shape index (κ2) is 12.3. The van der Waals surface area contributed by atoms with Gasteiger partial charge in [0.1, 0.15) is 5.52 Å². The number of piperazine rings is 1. The number of rotatable bonds is 9. The fourth-order valence-electron chi connectivity index (χ4n) is 5.18. The number of carbonyl (C=O) groups is 1. The van der Waals surface area contributed by atoms with Crippen LogP contribution in [0.4, 0.5) is 5.13 Å². The fraction of sp³-hybridized carbons (Fsp3) is 0.500. The molecule has 0 bridgehead atoms. The zero-order valence-corrected chi connectivity index (χ0v) is 24.9. The molecule has 0 aliphatic carbocycles. The number of ether oxygens (including phenoxy) is 2. The number of carbonyl (C=O) groups excluding carboxylic acids is 1. The quantitative estimate of drug-likeness (QED) is 0.407. The van der Waals surface area contributed by atoms with Gasteiger partial charge in [0.25, 0.3) is 5.91 Å². The number of nitrogens with zero attached hydrogens (tertiary/aromatic N) is 4. The molecule has 0 saturated carbocycles. The first kappa shape index (κ1) is 28.6. The van der Waals surface area contributed by atoms with Crippen molar-refractivity contribution in [3.63, 3.8) is 0 Å². The minimum atomic E-state index is -3.52. The largest absolute Gasteiger partial charge is 0.493 e. The number of sulfonamides is 1. The Balaban J connectivity index is 1.09. The number of aromatic nitrogens is 1. The molecule has 2 fully saturated rings. The summed E-state index contributed by atoms with van der Waals surface area (Å²) in [7, 11) is -0.271. The van der Waals surface area contributed by atoms with Crippen LogP contribution in [-0.4, -0.2) is 95.1 Å². The fourth-order valence-corrected chi connectivity index (χ4v) is 7.66. The van der Waals surface area contributed by atoms with Gasteiger partial charge in [0.05, 0.1) is 23.8 Å². The minimum absolute atomic E-state index is 0.201. The molecule has 2 saturated heterocycles. The van der Waals surface area contributed by atoms with Gasteiger partial charge in [0.15, 0.2) is 16.6 Å². The molecule has 3 aromatic rings. The van der Waals surface area contributed by atoms with E-state index < -0.39 is 10.0 Å². The van der Waals surface area contributed by atoms with E-state index in [9.17, 15) is 13.2 Å². The van der Waals surface area contributed by atoms with Gasteiger partial charge in [-0.3, -0.25) is 9.69 Å². The standard InChI is InChI=1S/C28H37N5O5S2/c1-20-10-13-33(14-11-20)40(35,36)22-6-4-21(5-7-22)27(34)29-12-15-31-16-18-32(19-17-31)28-30-25-24(39-28)9-8-23(37-2)26(25)38-3/h4-9,20H,10-19H2,1-3H3,(H,29,34). The van der Waals surface area contributed by atoms with Gasteiger partial charge < -0.3 is 19.7 Å². The first-order valence-corrected chi connectivity index (χ1v) is 15.9. The van der Waals surface area contributed by atoms with E-state index in [-0.39, 0.29) is 10.8 Å². The van der Waals surface area contributed by atoms with Crippen LogP contribution in [0.15, 0.2) is 41.3 Å². The first-order valence-electron chi connectivity index (χ1n) is 13.7. The van der Waals surface area contributed by atoms with Crippen LogP contribution in [0.3, 0.4) is 0 Å². The summed E-state index contributed by atoms with van der Waals surface area (Å²) < 4.78 is 39.4. The monoisotopic (exact) mass is 587 g/mol. The van der Waals surface area contributed by atoms with E-state index in [0.717, 1.165) is 60.9 Å². The Kier molecular flexibility index (Phi) is 8.79. The maximum absolute atomic E-state index is 12.9. The van der Waals surface area contributed by atoms with Crippen LogP contribution in [0.1, 0.15) is 30.1 Å². The lowest BCUT2D eigenvalue weighted by atomic mass is 10.0. The van der Waals surface area contributed by atoms with Gasteiger partial charge in [-0.15, -0.1) is 0 Å². The Labute approximate surface area is 239 Å². The third-order valence-electron chi connectivity index (χ3n) is 7.74. The Bertz CT molecular complexity index is 1430. The summed E-state index contributed by atoms with van der Waals surface area (Å²) >= 11 is 1.65. The predicted molar refractivity (Wildman–Crippen MR) is 157 cm³/mol. The molecule has 10 nitrogen and oxygen atoms in total. The van der Waals surface area contributed by atoms with E-state index in [4.69, 9.17) is 14.5 Å². The van der Waals surface area contributed by atoms with E-state index in [1.54, 1.807) is 42.0 Å². The molecule has 40 heavy (non-hydrogen) atoms. The lowest BCUT2D eigenvalue weighted by Crippen LogP contribution is -2.48. The molecule has 216 valence electrons. The average Bonchev–Trinajstić information content (AvgIpc) is 3.41. The molecular weight excluding hydrogens is 550 g/mol. The van der Waals surface area contributed by atoms with Crippen LogP contribution in [-0.2, 0) is 10.0 Å². The maximum atomic E-state index is 12.9. The van der Waals surface area contributed by atoms with Crippen LogP contribution in [0, 0.1) is 5.92 Å². The molecule has 0 atom stereocenters. The lowest BCUT2D eigenvalue weighted by molar-refractivity contribution is 0.0947. The van der Waals surface area contributed by atoms with Gasteiger partial charge in [-0.25, -0.2) is 13.4 Å². The SMILES string of the molecule is COc1ccc2sc(N3CCN(CCNC(=O)c4ccc(S(=O)(=O)N5CCC(C)CC5)cc4)CC3)nc2c1OC. The van der Waals surface area contributed by atoms with Gasteiger partial charge in [-0.05, 0) is 55.2 Å². The summed E-state index contributed by atoms with van der Waals surface area (Å²) in [6, 6.07) is 10.2. The van der Waals surface area contributed by atoms with E-state index in [2.05, 4.69) is 22.0 Å². The zero-order valence-electron chi connectivity index (χ0n) is 23.3. The highest BCUT2D eigenvalue weighted by Crippen LogP contribution is 2.40. The topological polar surface area (TPSA) is 104 Å². The molecule has 2 aliphatic rings. The lowest BCUT2D eigenvalue weighted by Gasteiger charge is -2.34. The Morgan fingerprint density at radius 3 is 2.35 bits per heavy atom. The maximum Gasteiger partial charge on any atom is 0.251 e. The number of methoxy groups -OCH3 is 2. The molecule has 3 heterocycles. The minimum Gasteiger partial charge on any atom is -0.493 e. The molecule has 1 amide bonds. The van der Waals surface area contributed by atoms with Crippen molar-refractivity contribution < 1.29 is 22.7 Å². The summed E-state index contributed by atoms with van der Waals surface area (Å²) in [5.41, 5.74) is 1.28. The number of hydrogen-bond acceptors (Lipinski definition) is 9. The number of anilines is 1. The smallest absolute Gasteiger partial charge is 0.251 e. The highest BCUT2D eigenvalue weighted by atomic mass is 32.2. The van der Waals surface area contributed by atoms with E-state index >= 15 is 0 Å². The number of piperidine rings is 1. The van der Waals surface area contributed by atoms with Crippen LogP contribution in [0.2, 0.25) is 0 Å². The highest BCUT2D eigenvalue weighted by molar-refractivity contribution is 7.89. The van der Waals surface area contributed by atoms with Crippen molar-refractivity contribution in [2.45, 2.75) is 24.7 Å². The molecule has 12 heteroatoms. The molecule has 0 radical (unpaired) electrons. The van der Waals surface area contributed by atoms with Gasteiger partial charge in [-0.2, -0.15) is 4.31 Å². The van der Waals surface area contributed by atoms with Crippen molar-refractivity contribution in [2.24, 2.45) is 5.92 Å². The summed E-state index contributed by atoms with van der Waals surface area (Å²) in [6.07, 6.45) is 1.75. The second-order valence-corrected chi connectivity index (χ2v) is 13.3. The third kappa shape index (κ3) is 6.04. The van der Waals surface area contributed by atoms with Crippen LogP contribution in [0.5, 0.6) is 11.5 Å². The number of fused-ring (bicyclic) bond motifs is 1. The molecule has 2 aliphatic heterocycles. The zero-order chi connectivity index (χ0) is 28.3. The Morgan fingerprint density at radius 1 is 1.00 bits per heavy atom. The van der Waals surface area contributed by atoms with Crippen molar-refractivity contribution in [1.82, 2.24) is 19.5 Å². The van der Waals surface area contributed by atoms with E-state index in [1.807, 2.05) is 12.1 Å².